The van der Waals surface area contributed by atoms with Crippen LogP contribution in [0.5, 0.6) is 0 Å². The summed E-state index contributed by atoms with van der Waals surface area (Å²) in [6.07, 6.45) is 4.90. The van der Waals surface area contributed by atoms with Crippen LogP contribution in [0.25, 0.3) is 11.4 Å². The number of rotatable bonds is 6. The van der Waals surface area contributed by atoms with Crippen molar-refractivity contribution < 1.29 is 13.2 Å². The van der Waals surface area contributed by atoms with E-state index in [1.165, 1.54) is 0 Å². The Kier molecular flexibility index (Phi) is 5.39. The molecule has 2 N–H and O–H groups in total. The second-order valence-corrected chi connectivity index (χ2v) is 9.18. The van der Waals surface area contributed by atoms with E-state index in [9.17, 15) is 13.2 Å². The number of aryl methyl sites for hydroxylation is 1. The maximum absolute atomic E-state index is 13.1. The summed E-state index contributed by atoms with van der Waals surface area (Å²) in [7, 11) is -3.41. The molecule has 0 unspecified atom stereocenters. The molecule has 1 aromatic carbocycles. The second-order valence-electron chi connectivity index (χ2n) is 7.40. The number of carbonyl (C=O) groups is 1. The average Bonchev–Trinajstić information content (AvgIpc) is 3.41. The van der Waals surface area contributed by atoms with E-state index in [0.29, 0.717) is 18.1 Å². The number of hydrogen-bond acceptors (Lipinski definition) is 6. The average molecular weight is 430 g/mol. The molecule has 2 atom stereocenters. The lowest BCUT2D eigenvalue weighted by Gasteiger charge is -2.23. The molecule has 1 aliphatic rings. The molecular formula is C19H23N7O3S. The molecule has 10 nitrogen and oxygen atoms in total. The Morgan fingerprint density at radius 2 is 2.07 bits per heavy atom. The number of aromatic nitrogens is 5. The van der Waals surface area contributed by atoms with Crippen LogP contribution < -0.4 is 4.72 Å². The second kappa shape index (κ2) is 8.00. The van der Waals surface area contributed by atoms with Crippen LogP contribution >= 0.6 is 0 Å². The molecule has 158 valence electrons. The smallest absolute Gasteiger partial charge is 0.243 e. The molecule has 1 aliphatic heterocycles. The third-order valence-corrected chi connectivity index (χ3v) is 5.84. The van der Waals surface area contributed by atoms with E-state index in [-0.39, 0.29) is 19.0 Å². The Morgan fingerprint density at radius 3 is 2.73 bits per heavy atom. The molecule has 0 spiro atoms. The lowest BCUT2D eigenvalue weighted by Crippen LogP contribution is -2.39. The maximum atomic E-state index is 13.1. The Labute approximate surface area is 174 Å². The lowest BCUT2D eigenvalue weighted by molar-refractivity contribution is -0.133. The zero-order chi connectivity index (χ0) is 21.3. The molecule has 2 aromatic heterocycles. The number of imidazole rings is 1. The fraction of sp³-hybridized carbons (Fsp3) is 0.368. The number of nitrogens with one attached hydrogen (secondary N) is 2. The van der Waals surface area contributed by atoms with Crippen LogP contribution in [0.1, 0.15) is 24.1 Å². The SMILES string of the molecule is Cc1nccn1CC(=O)N1C[C@@H](NS(C)(=O)=O)C[C@H]1c1nc(-c2ccccc2)n[nH]1. The summed E-state index contributed by atoms with van der Waals surface area (Å²) < 4.78 is 27.8. The van der Waals surface area contributed by atoms with Gasteiger partial charge in [-0.05, 0) is 13.3 Å². The molecule has 0 aliphatic carbocycles. The summed E-state index contributed by atoms with van der Waals surface area (Å²) in [4.78, 5) is 23.5. The topological polar surface area (TPSA) is 126 Å². The summed E-state index contributed by atoms with van der Waals surface area (Å²) >= 11 is 0. The van der Waals surface area contributed by atoms with Gasteiger partial charge in [-0.3, -0.25) is 9.89 Å². The fourth-order valence-corrected chi connectivity index (χ4v) is 4.48. The normalized spacial score (nSPS) is 19.3. The van der Waals surface area contributed by atoms with Gasteiger partial charge in [-0.25, -0.2) is 23.1 Å². The van der Waals surface area contributed by atoms with E-state index < -0.39 is 22.1 Å². The Bertz CT molecular complexity index is 1140. The molecule has 3 heterocycles. The first kappa shape index (κ1) is 20.2. The summed E-state index contributed by atoms with van der Waals surface area (Å²) in [6, 6.07) is 8.70. The van der Waals surface area contributed by atoms with Crippen LogP contribution in [0, 0.1) is 6.92 Å². The van der Waals surface area contributed by atoms with E-state index in [0.717, 1.165) is 17.6 Å². The van der Waals surface area contributed by atoms with E-state index in [4.69, 9.17) is 0 Å². The molecule has 1 amide bonds. The monoisotopic (exact) mass is 429 g/mol. The van der Waals surface area contributed by atoms with Crippen molar-refractivity contribution in [3.8, 4) is 11.4 Å². The molecule has 0 radical (unpaired) electrons. The number of amides is 1. The Hall–Kier alpha value is -3.05. The van der Waals surface area contributed by atoms with Crippen molar-refractivity contribution in [2.75, 3.05) is 12.8 Å². The highest BCUT2D eigenvalue weighted by atomic mass is 32.2. The van der Waals surface area contributed by atoms with Crippen LogP contribution in [-0.4, -0.2) is 62.8 Å². The zero-order valence-electron chi connectivity index (χ0n) is 16.7. The van der Waals surface area contributed by atoms with Crippen LogP contribution in [0.4, 0.5) is 0 Å². The van der Waals surface area contributed by atoms with E-state index in [1.807, 2.05) is 37.3 Å². The number of carbonyl (C=O) groups excluding carboxylic acids is 1. The van der Waals surface area contributed by atoms with Gasteiger partial charge in [0.1, 0.15) is 18.2 Å². The van der Waals surface area contributed by atoms with Gasteiger partial charge in [0.2, 0.25) is 15.9 Å². The summed E-state index contributed by atoms with van der Waals surface area (Å²) in [5.74, 6) is 1.65. The first-order valence-corrected chi connectivity index (χ1v) is 11.4. The highest BCUT2D eigenvalue weighted by Crippen LogP contribution is 2.31. The minimum absolute atomic E-state index is 0.119. The predicted molar refractivity (Wildman–Crippen MR) is 110 cm³/mol. The molecule has 4 rings (SSSR count). The van der Waals surface area contributed by atoms with Gasteiger partial charge in [0, 0.05) is 30.5 Å². The molecule has 0 bridgehead atoms. The number of nitrogens with zero attached hydrogens (tertiary/aromatic N) is 5. The van der Waals surface area contributed by atoms with Crippen LogP contribution in [0.3, 0.4) is 0 Å². The Balaban J connectivity index is 1.60. The summed E-state index contributed by atoms with van der Waals surface area (Å²) in [5, 5.41) is 7.22. The molecule has 0 saturated carbocycles. The van der Waals surface area contributed by atoms with Gasteiger partial charge in [-0.2, -0.15) is 5.10 Å². The summed E-state index contributed by atoms with van der Waals surface area (Å²) in [5.41, 5.74) is 0.857. The highest BCUT2D eigenvalue weighted by Gasteiger charge is 2.39. The van der Waals surface area contributed by atoms with Gasteiger partial charge in [-0.1, -0.05) is 30.3 Å². The lowest BCUT2D eigenvalue weighted by atomic mass is 10.1. The largest absolute Gasteiger partial charge is 0.329 e. The van der Waals surface area contributed by atoms with Gasteiger partial charge < -0.3 is 9.47 Å². The van der Waals surface area contributed by atoms with Gasteiger partial charge in [0.05, 0.1) is 12.3 Å². The van der Waals surface area contributed by atoms with E-state index in [1.54, 1.807) is 21.9 Å². The van der Waals surface area contributed by atoms with Crippen LogP contribution in [0.15, 0.2) is 42.7 Å². The number of H-pyrrole nitrogens is 1. The zero-order valence-corrected chi connectivity index (χ0v) is 17.5. The third kappa shape index (κ3) is 4.41. The van der Waals surface area contributed by atoms with Crippen molar-refractivity contribution in [2.24, 2.45) is 0 Å². The number of benzene rings is 1. The van der Waals surface area contributed by atoms with Crippen molar-refractivity contribution in [2.45, 2.75) is 32.0 Å². The van der Waals surface area contributed by atoms with E-state index >= 15 is 0 Å². The van der Waals surface area contributed by atoms with Crippen molar-refractivity contribution >= 4 is 15.9 Å². The van der Waals surface area contributed by atoms with Crippen molar-refractivity contribution in [1.29, 1.82) is 0 Å². The third-order valence-electron chi connectivity index (χ3n) is 5.08. The summed E-state index contributed by atoms with van der Waals surface area (Å²) in [6.45, 7) is 2.20. The standard InChI is InChI=1S/C19H23N7O3S/c1-13-20-8-9-25(13)12-17(27)26-11-15(24-30(2,28)29)10-16(26)19-21-18(22-23-19)14-6-4-3-5-7-14/h3-9,15-16,24H,10-12H2,1-2H3,(H,21,22,23)/t15-,16-/m0/s1. The van der Waals surface area contributed by atoms with Crippen LogP contribution in [0.2, 0.25) is 0 Å². The number of aromatic amines is 1. The quantitative estimate of drug-likeness (QED) is 0.599. The van der Waals surface area contributed by atoms with Crippen molar-refractivity contribution in [1.82, 2.24) is 34.4 Å². The predicted octanol–water partition coefficient (Wildman–Crippen LogP) is 0.868. The molecule has 11 heteroatoms. The van der Waals surface area contributed by atoms with Crippen molar-refractivity contribution in [3.63, 3.8) is 0 Å². The van der Waals surface area contributed by atoms with Gasteiger partial charge in [0.25, 0.3) is 0 Å². The minimum Gasteiger partial charge on any atom is -0.329 e. The van der Waals surface area contributed by atoms with E-state index in [2.05, 4.69) is 24.9 Å². The van der Waals surface area contributed by atoms with Gasteiger partial charge in [-0.15, -0.1) is 0 Å². The number of hydrogen-bond donors (Lipinski definition) is 2. The molecular weight excluding hydrogens is 406 g/mol. The van der Waals surface area contributed by atoms with Crippen LogP contribution in [-0.2, 0) is 21.4 Å². The highest BCUT2D eigenvalue weighted by molar-refractivity contribution is 7.88. The Morgan fingerprint density at radius 1 is 1.30 bits per heavy atom. The van der Waals surface area contributed by atoms with Gasteiger partial charge >= 0.3 is 0 Å². The molecule has 3 aromatic rings. The van der Waals surface area contributed by atoms with Gasteiger partial charge in [0.15, 0.2) is 5.82 Å². The number of sulfonamides is 1. The number of likely N-dealkylation sites (tertiary alicyclic amines) is 1. The molecule has 1 fully saturated rings. The fourth-order valence-electron chi connectivity index (χ4n) is 3.71. The van der Waals surface area contributed by atoms with Crippen molar-refractivity contribution in [3.05, 3.63) is 54.4 Å². The molecule has 1 saturated heterocycles. The first-order valence-electron chi connectivity index (χ1n) is 9.52. The first-order chi connectivity index (χ1) is 14.3. The maximum Gasteiger partial charge on any atom is 0.243 e. The molecule has 30 heavy (non-hydrogen) atoms. The minimum atomic E-state index is -3.41.